The minimum Gasteiger partial charge on any atom is -0.457 e. The predicted molar refractivity (Wildman–Crippen MR) is 340 cm³/mol. The Balaban J connectivity index is 0.959. The molecule has 0 unspecified atom stereocenters. The maximum atomic E-state index is 9.35. The fourth-order valence-corrected chi connectivity index (χ4v) is 18.2. The lowest BCUT2D eigenvalue weighted by Gasteiger charge is -2.43. The van der Waals surface area contributed by atoms with Gasteiger partial charge in [-0.1, -0.05) is 212 Å². The number of fused-ring (bicyclic) bond motifs is 10. The lowest BCUT2D eigenvalue weighted by Crippen LogP contribution is -2.75. The fourth-order valence-electron chi connectivity index (χ4n) is 12.5. The molecule has 9 aromatic carbocycles. The zero-order valence-electron chi connectivity index (χ0n) is 54.3. The zero-order valence-corrected chi connectivity index (χ0v) is 48.3. The van der Waals surface area contributed by atoms with Crippen molar-refractivity contribution in [3.63, 3.8) is 0 Å². The van der Waals surface area contributed by atoms with Crippen molar-refractivity contribution in [2.24, 2.45) is 5.92 Å². The molecule has 0 bridgehead atoms. The van der Waals surface area contributed by atoms with Crippen LogP contribution in [0, 0.1) is 19.8 Å². The van der Waals surface area contributed by atoms with E-state index >= 15 is 0 Å². The molecule has 0 aliphatic carbocycles. The van der Waals surface area contributed by atoms with Gasteiger partial charge in [-0.25, -0.2) is 4.98 Å². The Morgan fingerprint density at radius 3 is 1.80 bits per heavy atom. The Labute approximate surface area is 484 Å². The van der Waals surface area contributed by atoms with Crippen molar-refractivity contribution in [2.75, 3.05) is 21.4 Å². The number of benzene rings is 9. The first-order valence-corrected chi connectivity index (χ1v) is 29.9. The average Bonchev–Trinajstić information content (AvgIpc) is 1.62. The summed E-state index contributed by atoms with van der Waals surface area (Å²) >= 11 is 0. The first-order chi connectivity index (χ1) is 41.4. The Bertz CT molecular complexity index is 4360. The number of anilines is 7. The molecule has 0 saturated heterocycles. The van der Waals surface area contributed by atoms with Gasteiger partial charge < -0.3 is 14.5 Å². The van der Waals surface area contributed by atoms with E-state index in [0.717, 1.165) is 45.3 Å². The summed E-state index contributed by atoms with van der Waals surface area (Å²) < 4.78 is 70.6. The molecule has 13 rings (SSSR count). The predicted octanol–water partition coefficient (Wildman–Crippen LogP) is 17.0. The van der Waals surface area contributed by atoms with Crippen LogP contribution in [0.15, 0.2) is 212 Å². The Kier molecular flexibility index (Phi) is 10.5. The van der Waals surface area contributed by atoms with E-state index in [4.69, 9.17) is 13.8 Å². The number of rotatable bonds is 9. The highest BCUT2D eigenvalue weighted by molar-refractivity contribution is 7.23. The van der Waals surface area contributed by atoms with Crippen molar-refractivity contribution >= 4 is 68.8 Å². The summed E-state index contributed by atoms with van der Waals surface area (Å²) in [5, 5.41) is 5.11. The molecule has 6 heteroatoms. The molecule has 3 aliphatic rings. The van der Waals surface area contributed by atoms with Crippen molar-refractivity contribution in [3.8, 4) is 44.9 Å². The molecule has 5 nitrogen and oxygen atoms in total. The molecule has 1 aromatic heterocycles. The maximum absolute atomic E-state index is 9.35. The highest BCUT2D eigenvalue weighted by Crippen LogP contribution is 2.51. The topological polar surface area (TPSA) is 31.8 Å². The Morgan fingerprint density at radius 2 is 1.14 bits per heavy atom. The van der Waals surface area contributed by atoms with E-state index in [0.29, 0.717) is 35.1 Å². The molecule has 0 N–H and O–H groups in total. The van der Waals surface area contributed by atoms with Gasteiger partial charge >= 0.3 is 0 Å². The number of pyridine rings is 1. The quantitative estimate of drug-likeness (QED) is 0.135. The molecule has 3 aliphatic heterocycles. The number of nitrogens with zero attached hydrogens (tertiary/aromatic N) is 4. The highest BCUT2D eigenvalue weighted by Gasteiger charge is 2.54. The third kappa shape index (κ3) is 8.63. The summed E-state index contributed by atoms with van der Waals surface area (Å²) in [6.45, 7) is 21.8. The van der Waals surface area contributed by atoms with Crippen LogP contribution in [0.1, 0.15) is 92.8 Å². The van der Waals surface area contributed by atoms with E-state index in [2.05, 4.69) is 197 Å². The molecule has 396 valence electrons. The van der Waals surface area contributed by atoms with Crippen molar-refractivity contribution in [1.82, 2.24) is 4.98 Å². The van der Waals surface area contributed by atoms with Crippen LogP contribution in [-0.2, 0) is 17.2 Å². The van der Waals surface area contributed by atoms with Gasteiger partial charge in [-0.2, -0.15) is 0 Å². The average molecular weight is 1070 g/mol. The van der Waals surface area contributed by atoms with Crippen molar-refractivity contribution in [2.45, 2.75) is 86.4 Å². The molecule has 0 atom stereocenters. The van der Waals surface area contributed by atoms with E-state index < -0.39 is 20.5 Å². The van der Waals surface area contributed by atoms with Gasteiger partial charge in [-0.15, -0.1) is 0 Å². The standard InChI is InChI=1S/C74H70N4OSi/c1-48(2)38-51-36-37-75-71(41-51)78-65-28-16-17-29-67(65)80(69-39-49(3)30-33-61(69)62-34-31-50(4)40-70(62)80)68-35-32-58(46-66(68)78)79-57-23-18-22-56(45-57)76-47-77(64-27-15-14-26-63(64)76)72-59(52-20-12-11-13-21-52)24-19-25-60(72)53-42-54(73(5,6)7)44-55(43-53)74(8,9)10/h11-37,39-46,48H,38,47H2,1-10H3/i11D,12D,13D,20D,21D,38D2. The number of aryl methyl sites for hydroxylation is 2. The molecule has 0 amide bonds. The third-order valence-corrected chi connectivity index (χ3v) is 21.1. The van der Waals surface area contributed by atoms with Gasteiger partial charge in [0.15, 0.2) is 8.07 Å². The Morgan fingerprint density at radius 1 is 0.537 bits per heavy atom. The van der Waals surface area contributed by atoms with Crippen LogP contribution in [0.25, 0.3) is 33.4 Å². The summed E-state index contributed by atoms with van der Waals surface area (Å²) in [5.74, 6) is 1.57. The number of para-hydroxylation sites is 4. The summed E-state index contributed by atoms with van der Waals surface area (Å²) in [6.07, 6.45) is 0.116. The van der Waals surface area contributed by atoms with Gasteiger partial charge in [-0.3, -0.25) is 4.90 Å². The number of ether oxygens (including phenoxy) is 1. The lowest BCUT2D eigenvalue weighted by molar-refractivity contribution is 0.483. The van der Waals surface area contributed by atoms with Crippen LogP contribution in [0.3, 0.4) is 0 Å². The largest absolute Gasteiger partial charge is 0.457 e. The lowest BCUT2D eigenvalue weighted by atomic mass is 9.78. The second kappa shape index (κ2) is 19.4. The Hall–Kier alpha value is -8.45. The summed E-state index contributed by atoms with van der Waals surface area (Å²) in [6, 6.07) is 60.1. The summed E-state index contributed by atoms with van der Waals surface area (Å²) in [7, 11) is -3.07. The molecule has 0 fully saturated rings. The molecule has 1 spiro atoms. The molecular weight excluding hydrogens is 989 g/mol. The SMILES string of the molecule is [2H]c1c([2H])c([2H])c(-c2cccc(-c3cc(C(C)(C)C)cc(C(C)(C)C)c3)c2N2CN(c3cccc(Oc4ccc5c(c4)N(c4cc(C([2H])([2H])C(C)C)ccn4)c4ccccc4[Si]54c5cc(C)ccc5-c5ccc(C)cc54)c3)c3ccccc32)c([2H])c1[2H]. The molecule has 4 heterocycles. The summed E-state index contributed by atoms with van der Waals surface area (Å²) in [5.41, 5.74) is 15.2. The van der Waals surface area contributed by atoms with E-state index in [-0.39, 0.29) is 46.5 Å². The minimum atomic E-state index is -3.07. The van der Waals surface area contributed by atoms with Crippen LogP contribution in [0.5, 0.6) is 11.5 Å². The number of hydrogen-bond acceptors (Lipinski definition) is 5. The van der Waals surface area contributed by atoms with Gasteiger partial charge in [0.1, 0.15) is 24.0 Å². The van der Waals surface area contributed by atoms with Gasteiger partial charge in [0.25, 0.3) is 0 Å². The normalized spacial score (nSPS) is 15.4. The molecular formula is C74H70N4OSi. The van der Waals surface area contributed by atoms with Crippen LogP contribution < -0.4 is 40.2 Å². The van der Waals surface area contributed by atoms with Crippen molar-refractivity contribution < 1.29 is 14.3 Å². The minimum absolute atomic E-state index is 0.138. The molecule has 10 aromatic rings. The van der Waals surface area contributed by atoms with Crippen LogP contribution in [0.4, 0.5) is 39.9 Å². The van der Waals surface area contributed by atoms with E-state index in [1.807, 2.05) is 56.3 Å². The number of hydrogen-bond donors (Lipinski definition) is 0. The molecule has 80 heavy (non-hydrogen) atoms. The first kappa shape index (κ1) is 43.4. The maximum Gasteiger partial charge on any atom is 0.185 e. The second-order valence-electron chi connectivity index (χ2n) is 24.2. The summed E-state index contributed by atoms with van der Waals surface area (Å²) in [4.78, 5) is 11.7. The second-order valence-corrected chi connectivity index (χ2v) is 27.8. The number of aromatic nitrogens is 1. The molecule has 0 saturated carbocycles. The smallest absolute Gasteiger partial charge is 0.185 e. The highest BCUT2D eigenvalue weighted by atomic mass is 28.3. The fraction of sp³-hybridized carbons (Fsp3) is 0.203. The van der Waals surface area contributed by atoms with Crippen LogP contribution >= 0.6 is 0 Å². The van der Waals surface area contributed by atoms with Crippen LogP contribution in [0.2, 0.25) is 0 Å². The van der Waals surface area contributed by atoms with Gasteiger partial charge in [0.05, 0.1) is 29.6 Å². The van der Waals surface area contributed by atoms with Crippen molar-refractivity contribution in [1.29, 1.82) is 0 Å². The zero-order chi connectivity index (χ0) is 61.4. The van der Waals surface area contributed by atoms with E-state index in [9.17, 15) is 5.48 Å². The van der Waals surface area contributed by atoms with E-state index in [1.54, 1.807) is 12.3 Å². The molecule has 0 radical (unpaired) electrons. The van der Waals surface area contributed by atoms with Gasteiger partial charge in [0, 0.05) is 43.6 Å². The third-order valence-electron chi connectivity index (χ3n) is 16.2. The van der Waals surface area contributed by atoms with Gasteiger partial charge in [-0.05, 0) is 145 Å². The van der Waals surface area contributed by atoms with Gasteiger partial charge in [0.2, 0.25) is 0 Å². The van der Waals surface area contributed by atoms with Crippen molar-refractivity contribution in [3.05, 3.63) is 240 Å². The van der Waals surface area contributed by atoms with Crippen LogP contribution in [-0.4, -0.2) is 19.7 Å². The monoisotopic (exact) mass is 1070 g/mol. The van der Waals surface area contributed by atoms with E-state index in [1.165, 1.54) is 54.1 Å². The first-order valence-electron chi connectivity index (χ1n) is 31.4.